The smallest absolute Gasteiger partial charge is 0.288 e. The number of rotatable bonds is 0. The van der Waals surface area contributed by atoms with Crippen molar-refractivity contribution < 1.29 is 30.9 Å². The summed E-state index contributed by atoms with van der Waals surface area (Å²) in [5.41, 5.74) is 0. The molecule has 0 aromatic rings. The molecule has 0 aromatic carbocycles. The number of halogens is 4. The van der Waals surface area contributed by atoms with Crippen LogP contribution in [0.2, 0.25) is 0 Å². The van der Waals surface area contributed by atoms with Crippen LogP contribution >= 0.6 is 11.6 Å². The first kappa shape index (κ1) is 13.3. The second-order valence-electron chi connectivity index (χ2n) is 1.01. The number of hydrogen-bond donors (Lipinski definition) is 2. The molecular weight excluding hydrogens is 213 g/mol. The third kappa shape index (κ3) is 17.7. The molecule has 9 heteroatoms. The summed E-state index contributed by atoms with van der Waals surface area (Å²) in [6.07, 6.45) is -4.87. The Labute approximate surface area is 65.7 Å². The molecule has 0 bridgehead atoms. The molecule has 0 unspecified atom stereocenters. The predicted octanol–water partition coefficient (Wildman–Crippen LogP) is 0.385. The van der Waals surface area contributed by atoms with Gasteiger partial charge in [-0.3, -0.25) is 9.35 Å². The van der Waals surface area contributed by atoms with Crippen molar-refractivity contribution in [2.75, 3.05) is 0 Å². The van der Waals surface area contributed by atoms with Crippen molar-refractivity contribution in [1.82, 2.24) is 0 Å². The van der Waals surface area contributed by atoms with Crippen LogP contribution < -0.4 is 0 Å². The minimum Gasteiger partial charge on any atom is -0.288 e. The summed E-state index contributed by atoms with van der Waals surface area (Å²) in [4.78, 5) is 9.11. The van der Waals surface area contributed by atoms with Gasteiger partial charge in [-0.25, -0.2) is 8.42 Å². The molecule has 0 heterocycles. The van der Waals surface area contributed by atoms with E-state index < -0.39 is 22.4 Å². The monoisotopic (exact) mass is 214 g/mol. The van der Waals surface area contributed by atoms with E-state index in [1.807, 2.05) is 0 Å². The number of carbonyl (C=O) groups is 1. The number of hydrogen-bond acceptors (Lipinski definition) is 3. The molecule has 0 fully saturated rings. The summed E-state index contributed by atoms with van der Waals surface area (Å²) in [5.74, 6) is 0. The summed E-state index contributed by atoms with van der Waals surface area (Å²) < 4.78 is 56.3. The molecular formula is C2H2ClF3O4S. The van der Waals surface area contributed by atoms with Gasteiger partial charge in [0.1, 0.15) is 0 Å². The highest BCUT2D eigenvalue weighted by atomic mass is 35.5. The van der Waals surface area contributed by atoms with E-state index in [9.17, 15) is 13.2 Å². The van der Waals surface area contributed by atoms with Crippen LogP contribution in [0, 0.1) is 0 Å². The van der Waals surface area contributed by atoms with E-state index in [2.05, 4.69) is 11.6 Å². The average Bonchev–Trinajstić information content (AvgIpc) is 1.59. The van der Waals surface area contributed by atoms with E-state index in [1.54, 1.807) is 0 Å². The molecule has 0 aliphatic rings. The highest BCUT2D eigenvalue weighted by Gasteiger charge is 2.36. The molecule has 68 valence electrons. The normalized spacial score (nSPS) is 10.4. The molecule has 1 N–H and O–H groups in total. The molecule has 0 aliphatic heterocycles. The predicted molar refractivity (Wildman–Crippen MR) is 29.9 cm³/mol. The van der Waals surface area contributed by atoms with Gasteiger partial charge in [-0.1, -0.05) is 0 Å². The van der Waals surface area contributed by atoms with Crippen LogP contribution in [-0.4, -0.2) is 24.4 Å². The summed E-state index contributed by atoms with van der Waals surface area (Å²) in [6.45, 7) is 0. The van der Waals surface area contributed by atoms with Crippen molar-refractivity contribution in [1.29, 1.82) is 0 Å². The fourth-order valence-corrected chi connectivity index (χ4v) is 0. The Hall–Kier alpha value is -0.340. The molecule has 0 aliphatic carbocycles. The Morgan fingerprint density at radius 3 is 1.45 bits per heavy atom. The van der Waals surface area contributed by atoms with E-state index in [-0.39, 0.29) is 0 Å². The van der Waals surface area contributed by atoms with E-state index in [4.69, 9.17) is 17.8 Å². The van der Waals surface area contributed by atoms with E-state index in [0.717, 1.165) is 0 Å². The Bertz CT molecular complexity index is 188. The van der Waals surface area contributed by atoms with E-state index in [1.165, 1.54) is 0 Å². The summed E-state index contributed by atoms with van der Waals surface area (Å²) in [6, 6.07) is 0. The van der Waals surface area contributed by atoms with Gasteiger partial charge in [-0.05, 0) is 11.6 Å². The molecule has 0 rings (SSSR count). The molecule has 0 spiro atoms. The number of thiol groups is 1. The van der Waals surface area contributed by atoms with Crippen LogP contribution in [-0.2, 0) is 15.8 Å². The van der Waals surface area contributed by atoms with Crippen molar-refractivity contribution in [3.05, 3.63) is 0 Å². The Kier molecular flexibility index (Phi) is 6.43. The van der Waals surface area contributed by atoms with Crippen molar-refractivity contribution in [3.8, 4) is 0 Å². The first-order chi connectivity index (χ1) is 4.68. The van der Waals surface area contributed by atoms with Crippen molar-refractivity contribution in [3.63, 3.8) is 0 Å². The molecule has 0 amide bonds. The van der Waals surface area contributed by atoms with Crippen molar-refractivity contribution in [2.24, 2.45) is 0 Å². The standard InChI is InChI=1S/C2ClF3O.H2O3S/c3-1(7)2(4,5)6;1-4(2)3/h;4H,(H,1,2,3). The second-order valence-corrected chi connectivity index (χ2v) is 1.83. The quantitative estimate of drug-likeness (QED) is 0.348. The highest BCUT2D eigenvalue weighted by Crippen LogP contribution is 2.17. The van der Waals surface area contributed by atoms with Crippen LogP contribution in [0.5, 0.6) is 0 Å². The van der Waals surface area contributed by atoms with Crippen molar-refractivity contribution in [2.45, 2.75) is 6.18 Å². The van der Waals surface area contributed by atoms with Crippen LogP contribution in [0.4, 0.5) is 13.2 Å². The van der Waals surface area contributed by atoms with Gasteiger partial charge in [0, 0.05) is 0 Å². The maximum Gasteiger partial charge on any atom is 0.466 e. The molecule has 4 nitrogen and oxygen atoms in total. The second kappa shape index (κ2) is 5.33. The first-order valence-corrected chi connectivity index (χ1v) is 3.28. The fourth-order valence-electron chi connectivity index (χ4n) is 0. The molecule has 0 saturated carbocycles. The van der Waals surface area contributed by atoms with Gasteiger partial charge >= 0.3 is 11.4 Å². The van der Waals surface area contributed by atoms with Gasteiger partial charge in [0.05, 0.1) is 0 Å². The van der Waals surface area contributed by atoms with Gasteiger partial charge in [-0.15, -0.1) is 0 Å². The Balaban J connectivity index is 0. The number of carbonyl (C=O) groups excluding carboxylic acids is 1. The largest absolute Gasteiger partial charge is 0.466 e. The summed E-state index contributed by atoms with van der Waals surface area (Å²) in [7, 11) is -3.12. The van der Waals surface area contributed by atoms with E-state index >= 15 is 0 Å². The van der Waals surface area contributed by atoms with Gasteiger partial charge in [-0.2, -0.15) is 13.2 Å². The SMILES string of the molecule is O=C(Cl)C(F)(F)F.O=[SH](=O)O. The average molecular weight is 215 g/mol. The van der Waals surface area contributed by atoms with Crippen molar-refractivity contribution >= 4 is 27.8 Å². The van der Waals surface area contributed by atoms with Gasteiger partial charge < -0.3 is 0 Å². The maximum absolute atomic E-state index is 10.7. The fraction of sp³-hybridized carbons (Fsp3) is 0.500. The third-order valence-electron chi connectivity index (χ3n) is 0.223. The summed E-state index contributed by atoms with van der Waals surface area (Å²) in [5, 5.41) is -2.28. The summed E-state index contributed by atoms with van der Waals surface area (Å²) >= 11 is 3.99. The maximum atomic E-state index is 10.7. The lowest BCUT2D eigenvalue weighted by Gasteiger charge is -1.93. The Morgan fingerprint density at radius 1 is 1.36 bits per heavy atom. The molecule has 0 atom stereocenters. The minimum atomic E-state index is -4.87. The zero-order chi connectivity index (χ0) is 9.65. The molecule has 11 heavy (non-hydrogen) atoms. The van der Waals surface area contributed by atoms with Crippen LogP contribution in [0.1, 0.15) is 0 Å². The lowest BCUT2D eigenvalue weighted by atomic mass is 10.8. The van der Waals surface area contributed by atoms with Crippen LogP contribution in [0.15, 0.2) is 0 Å². The molecule has 0 radical (unpaired) electrons. The number of alkyl halides is 3. The zero-order valence-electron chi connectivity index (χ0n) is 4.63. The molecule has 0 aromatic heterocycles. The van der Waals surface area contributed by atoms with Crippen LogP contribution in [0.3, 0.4) is 0 Å². The molecule has 0 saturated heterocycles. The zero-order valence-corrected chi connectivity index (χ0v) is 6.28. The first-order valence-electron chi connectivity index (χ1n) is 1.78. The van der Waals surface area contributed by atoms with Gasteiger partial charge in [0.15, 0.2) is 0 Å². The lowest BCUT2D eigenvalue weighted by Crippen LogP contribution is -2.15. The topological polar surface area (TPSA) is 71.4 Å². The third-order valence-corrected chi connectivity index (χ3v) is 0.437. The minimum absolute atomic E-state index is 2.28. The lowest BCUT2D eigenvalue weighted by molar-refractivity contribution is -0.161. The van der Waals surface area contributed by atoms with Gasteiger partial charge in [0.25, 0.3) is 11.0 Å². The Morgan fingerprint density at radius 2 is 1.45 bits per heavy atom. The van der Waals surface area contributed by atoms with Gasteiger partial charge in [0.2, 0.25) is 0 Å². The highest BCUT2D eigenvalue weighted by molar-refractivity contribution is 7.66. The van der Waals surface area contributed by atoms with E-state index in [0.29, 0.717) is 0 Å². The van der Waals surface area contributed by atoms with Crippen LogP contribution in [0.25, 0.3) is 0 Å².